The molecule has 1 fully saturated rings. The van der Waals surface area contributed by atoms with Crippen molar-refractivity contribution in [1.29, 1.82) is 0 Å². The lowest BCUT2D eigenvalue weighted by molar-refractivity contribution is -0.385. The Labute approximate surface area is 142 Å². The second-order valence-electron chi connectivity index (χ2n) is 7.20. The fourth-order valence-electron chi connectivity index (χ4n) is 4.00. The van der Waals surface area contributed by atoms with Crippen LogP contribution in [-0.2, 0) is 17.8 Å². The van der Waals surface area contributed by atoms with Crippen molar-refractivity contribution in [1.82, 2.24) is 9.88 Å². The van der Waals surface area contributed by atoms with Gasteiger partial charge in [0, 0.05) is 37.7 Å². The molecule has 0 aromatic carbocycles. The van der Waals surface area contributed by atoms with Crippen molar-refractivity contribution in [2.24, 2.45) is 11.8 Å². The van der Waals surface area contributed by atoms with Gasteiger partial charge in [0.25, 0.3) is 5.69 Å². The van der Waals surface area contributed by atoms with E-state index in [1.54, 1.807) is 6.07 Å². The highest BCUT2D eigenvalue weighted by Crippen LogP contribution is 2.32. The lowest BCUT2D eigenvalue weighted by Crippen LogP contribution is -2.37. The van der Waals surface area contributed by atoms with Gasteiger partial charge in [0.2, 0.25) is 5.91 Å². The van der Waals surface area contributed by atoms with Gasteiger partial charge < -0.3 is 4.90 Å². The van der Waals surface area contributed by atoms with Crippen molar-refractivity contribution in [2.75, 3.05) is 6.54 Å². The van der Waals surface area contributed by atoms with E-state index < -0.39 is 4.92 Å². The summed E-state index contributed by atoms with van der Waals surface area (Å²) in [5.74, 6) is 1.26. The molecule has 1 saturated carbocycles. The van der Waals surface area contributed by atoms with E-state index in [2.05, 4.69) is 11.9 Å². The number of aromatic nitrogens is 1. The van der Waals surface area contributed by atoms with Crippen LogP contribution in [0.2, 0.25) is 0 Å². The molecule has 1 unspecified atom stereocenters. The normalized spacial score (nSPS) is 19.6. The molecule has 1 atom stereocenters. The van der Waals surface area contributed by atoms with Gasteiger partial charge in [0.1, 0.15) is 6.20 Å². The van der Waals surface area contributed by atoms with Crippen LogP contribution in [0.5, 0.6) is 0 Å². The Hall–Kier alpha value is -1.98. The molecule has 3 rings (SSSR count). The second kappa shape index (κ2) is 7.28. The zero-order valence-electron chi connectivity index (χ0n) is 14.2. The lowest BCUT2D eigenvalue weighted by Gasteiger charge is -2.32. The third-order valence-corrected chi connectivity index (χ3v) is 5.54. The summed E-state index contributed by atoms with van der Waals surface area (Å²) in [6, 6.07) is 1.56. The van der Waals surface area contributed by atoms with Crippen LogP contribution in [0.15, 0.2) is 12.3 Å². The first-order valence-corrected chi connectivity index (χ1v) is 8.94. The van der Waals surface area contributed by atoms with Crippen LogP contribution in [-0.4, -0.2) is 27.3 Å². The predicted octanol–water partition coefficient (Wildman–Crippen LogP) is 3.48. The minimum Gasteiger partial charge on any atom is -0.338 e. The summed E-state index contributed by atoms with van der Waals surface area (Å²) < 4.78 is 0. The van der Waals surface area contributed by atoms with Gasteiger partial charge in [-0.15, -0.1) is 0 Å². The monoisotopic (exact) mass is 331 g/mol. The molecule has 1 aliphatic carbocycles. The summed E-state index contributed by atoms with van der Waals surface area (Å²) in [4.78, 5) is 29.2. The van der Waals surface area contributed by atoms with Gasteiger partial charge in [-0.05, 0) is 17.4 Å². The number of hydrogen-bond acceptors (Lipinski definition) is 4. The SMILES string of the molecule is CC(CC(=O)N1CCc2ncc([N+](=O)[O-])cc2C1)C1CCCCC1. The van der Waals surface area contributed by atoms with Gasteiger partial charge in [-0.2, -0.15) is 0 Å². The molecule has 2 aliphatic rings. The molecule has 1 amide bonds. The molecule has 6 heteroatoms. The van der Waals surface area contributed by atoms with E-state index in [1.807, 2.05) is 4.90 Å². The fraction of sp³-hybridized carbons (Fsp3) is 0.667. The van der Waals surface area contributed by atoms with Crippen LogP contribution in [0.25, 0.3) is 0 Å². The van der Waals surface area contributed by atoms with Crippen LogP contribution in [0.1, 0.15) is 56.7 Å². The van der Waals surface area contributed by atoms with Crippen molar-refractivity contribution in [3.8, 4) is 0 Å². The molecule has 0 bridgehead atoms. The van der Waals surface area contributed by atoms with Gasteiger partial charge in [-0.3, -0.25) is 19.9 Å². The molecule has 2 heterocycles. The Balaban J connectivity index is 1.62. The summed E-state index contributed by atoms with van der Waals surface area (Å²) in [5, 5.41) is 10.9. The van der Waals surface area contributed by atoms with Crippen molar-refractivity contribution < 1.29 is 9.72 Å². The van der Waals surface area contributed by atoms with Crippen molar-refractivity contribution >= 4 is 11.6 Å². The minimum absolute atomic E-state index is 0.00128. The molecule has 0 spiro atoms. The molecule has 130 valence electrons. The number of hydrogen-bond donors (Lipinski definition) is 0. The lowest BCUT2D eigenvalue weighted by atomic mass is 9.79. The van der Waals surface area contributed by atoms with E-state index in [9.17, 15) is 14.9 Å². The number of carbonyl (C=O) groups excluding carboxylic acids is 1. The average molecular weight is 331 g/mol. The predicted molar refractivity (Wildman–Crippen MR) is 90.4 cm³/mol. The maximum Gasteiger partial charge on any atom is 0.287 e. The number of amides is 1. The van der Waals surface area contributed by atoms with E-state index in [4.69, 9.17) is 0 Å². The van der Waals surface area contributed by atoms with Crippen molar-refractivity contribution in [2.45, 2.75) is 58.4 Å². The highest BCUT2D eigenvalue weighted by Gasteiger charge is 2.27. The maximum atomic E-state index is 12.7. The zero-order chi connectivity index (χ0) is 17.1. The van der Waals surface area contributed by atoms with Crippen LogP contribution in [0.4, 0.5) is 5.69 Å². The highest BCUT2D eigenvalue weighted by atomic mass is 16.6. The van der Waals surface area contributed by atoms with Gasteiger partial charge in [0.15, 0.2) is 0 Å². The van der Waals surface area contributed by atoms with Crippen LogP contribution in [0, 0.1) is 22.0 Å². The number of fused-ring (bicyclic) bond motifs is 1. The van der Waals surface area contributed by atoms with E-state index >= 15 is 0 Å². The smallest absolute Gasteiger partial charge is 0.287 e. The Morgan fingerprint density at radius 2 is 2.17 bits per heavy atom. The van der Waals surface area contributed by atoms with Gasteiger partial charge in [0.05, 0.1) is 4.92 Å². The second-order valence-corrected chi connectivity index (χ2v) is 7.20. The van der Waals surface area contributed by atoms with E-state index in [-0.39, 0.29) is 11.6 Å². The highest BCUT2D eigenvalue weighted by molar-refractivity contribution is 5.76. The summed E-state index contributed by atoms with van der Waals surface area (Å²) in [5.41, 5.74) is 1.69. The molecule has 1 aliphatic heterocycles. The summed E-state index contributed by atoms with van der Waals surface area (Å²) in [6.45, 7) is 3.30. The first-order chi connectivity index (χ1) is 11.5. The first kappa shape index (κ1) is 16.9. The van der Waals surface area contributed by atoms with Gasteiger partial charge >= 0.3 is 0 Å². The molecule has 0 saturated heterocycles. The van der Waals surface area contributed by atoms with Crippen LogP contribution in [0.3, 0.4) is 0 Å². The zero-order valence-corrected chi connectivity index (χ0v) is 14.2. The molecular weight excluding hydrogens is 306 g/mol. The topological polar surface area (TPSA) is 76.3 Å². The Morgan fingerprint density at radius 3 is 2.88 bits per heavy atom. The Kier molecular flexibility index (Phi) is 5.11. The number of rotatable bonds is 4. The first-order valence-electron chi connectivity index (χ1n) is 8.94. The van der Waals surface area contributed by atoms with Crippen molar-refractivity contribution in [3.63, 3.8) is 0 Å². The van der Waals surface area contributed by atoms with E-state index in [0.717, 1.165) is 11.3 Å². The van der Waals surface area contributed by atoms with Gasteiger partial charge in [-0.25, -0.2) is 0 Å². The third kappa shape index (κ3) is 3.74. The number of carbonyl (C=O) groups is 1. The van der Waals surface area contributed by atoms with Crippen LogP contribution < -0.4 is 0 Å². The summed E-state index contributed by atoms with van der Waals surface area (Å²) >= 11 is 0. The van der Waals surface area contributed by atoms with Gasteiger partial charge in [-0.1, -0.05) is 39.0 Å². The molecule has 0 N–H and O–H groups in total. The number of nitro groups is 1. The standard InChI is InChI=1S/C18H25N3O3/c1-13(14-5-3-2-4-6-14)9-18(22)20-8-7-17-15(12-20)10-16(11-19-17)21(23)24/h10-11,13-14H,2-9,12H2,1H3. The largest absolute Gasteiger partial charge is 0.338 e. The molecular formula is C18H25N3O3. The molecule has 6 nitrogen and oxygen atoms in total. The van der Waals surface area contributed by atoms with Crippen LogP contribution >= 0.6 is 0 Å². The fourth-order valence-corrected chi connectivity index (χ4v) is 4.00. The Morgan fingerprint density at radius 1 is 1.42 bits per heavy atom. The molecule has 1 aromatic rings. The maximum absolute atomic E-state index is 12.7. The van der Waals surface area contributed by atoms with E-state index in [0.29, 0.717) is 37.8 Å². The number of pyridine rings is 1. The van der Waals surface area contributed by atoms with E-state index in [1.165, 1.54) is 38.3 Å². The quantitative estimate of drug-likeness (QED) is 0.625. The van der Waals surface area contributed by atoms with Crippen molar-refractivity contribution in [3.05, 3.63) is 33.6 Å². The average Bonchev–Trinajstić information content (AvgIpc) is 2.61. The minimum atomic E-state index is -0.431. The number of nitrogens with zero attached hydrogens (tertiary/aromatic N) is 3. The molecule has 24 heavy (non-hydrogen) atoms. The molecule has 1 aromatic heterocycles. The summed E-state index contributed by atoms with van der Waals surface area (Å²) in [7, 11) is 0. The third-order valence-electron chi connectivity index (χ3n) is 5.54. The summed E-state index contributed by atoms with van der Waals surface area (Å²) in [6.07, 6.45) is 8.96. The Bertz CT molecular complexity index is 626. The molecule has 0 radical (unpaired) electrons.